The van der Waals surface area contributed by atoms with Gasteiger partial charge in [0, 0.05) is 18.8 Å². The molecular weight excluding hydrogens is 230 g/mol. The Labute approximate surface area is 104 Å². The van der Waals surface area contributed by atoms with E-state index in [0.29, 0.717) is 11.3 Å². The summed E-state index contributed by atoms with van der Waals surface area (Å²) in [7, 11) is 1.66. The topological polar surface area (TPSA) is 59.3 Å². The fourth-order valence-corrected chi connectivity index (χ4v) is 1.76. The maximum Gasteiger partial charge on any atom is 0.337 e. The van der Waals surface area contributed by atoms with Crippen molar-refractivity contribution in [1.82, 2.24) is 4.57 Å². The molecule has 2 aromatic rings. The minimum Gasteiger partial charge on any atom is -0.478 e. The average molecular weight is 243 g/mol. The van der Waals surface area contributed by atoms with Crippen molar-refractivity contribution in [2.24, 2.45) is 7.05 Å². The molecule has 18 heavy (non-hydrogen) atoms. The molecule has 0 aliphatic rings. The van der Waals surface area contributed by atoms with Crippen LogP contribution >= 0.6 is 0 Å². The Bertz CT molecular complexity index is 608. The van der Waals surface area contributed by atoms with Crippen LogP contribution in [0.3, 0.4) is 0 Å². The number of carboxylic acid groups (broad SMARTS) is 1. The number of aromatic carboxylic acids is 1. The summed E-state index contributed by atoms with van der Waals surface area (Å²) in [5.41, 5.74) is 2.12. The Morgan fingerprint density at radius 2 is 1.72 bits per heavy atom. The molecule has 0 spiro atoms. The largest absolute Gasteiger partial charge is 0.478 e. The molecule has 92 valence electrons. The minimum atomic E-state index is -1.03. The fraction of sp³-hybridized carbons (Fsp3) is 0.143. The molecule has 0 aliphatic carbocycles. The lowest BCUT2D eigenvalue weighted by molar-refractivity contribution is 0.0697. The van der Waals surface area contributed by atoms with Crippen LogP contribution in [-0.4, -0.2) is 21.4 Å². The van der Waals surface area contributed by atoms with Gasteiger partial charge < -0.3 is 9.67 Å². The zero-order valence-electron chi connectivity index (χ0n) is 10.2. The zero-order chi connectivity index (χ0) is 13.3. The van der Waals surface area contributed by atoms with Gasteiger partial charge in [0.05, 0.1) is 11.3 Å². The molecule has 0 fully saturated rings. The highest BCUT2D eigenvalue weighted by Crippen LogP contribution is 2.14. The van der Waals surface area contributed by atoms with Gasteiger partial charge in [-0.2, -0.15) is 0 Å². The fourth-order valence-electron chi connectivity index (χ4n) is 1.76. The molecule has 0 atom stereocenters. The molecular formula is C14H13NO3. The molecule has 2 rings (SSSR count). The van der Waals surface area contributed by atoms with E-state index in [1.54, 1.807) is 19.2 Å². The van der Waals surface area contributed by atoms with Crippen molar-refractivity contribution < 1.29 is 14.7 Å². The van der Waals surface area contributed by atoms with Crippen molar-refractivity contribution in [1.29, 1.82) is 0 Å². The summed E-state index contributed by atoms with van der Waals surface area (Å²) >= 11 is 0. The van der Waals surface area contributed by atoms with Crippen LogP contribution in [0.2, 0.25) is 0 Å². The van der Waals surface area contributed by atoms with Crippen LogP contribution < -0.4 is 0 Å². The second-order valence-electron chi connectivity index (χ2n) is 4.23. The maximum atomic E-state index is 12.2. The van der Waals surface area contributed by atoms with E-state index in [9.17, 15) is 9.59 Å². The first-order valence-electron chi connectivity index (χ1n) is 5.50. The molecule has 0 amide bonds. The molecule has 0 saturated carbocycles. The molecule has 4 heteroatoms. The maximum absolute atomic E-state index is 12.2. The quantitative estimate of drug-likeness (QED) is 0.841. The Kier molecular flexibility index (Phi) is 3.02. The monoisotopic (exact) mass is 243 g/mol. The lowest BCUT2D eigenvalue weighted by atomic mass is 10.1. The highest BCUT2D eigenvalue weighted by atomic mass is 16.4. The van der Waals surface area contributed by atoms with Crippen molar-refractivity contribution >= 4 is 11.8 Å². The summed E-state index contributed by atoms with van der Waals surface area (Å²) < 4.78 is 1.53. The van der Waals surface area contributed by atoms with E-state index in [4.69, 9.17) is 5.11 Å². The van der Waals surface area contributed by atoms with Gasteiger partial charge in [0.25, 0.3) is 0 Å². The van der Waals surface area contributed by atoms with E-state index in [0.717, 1.165) is 5.56 Å². The number of hydrogen-bond donors (Lipinski definition) is 1. The van der Waals surface area contributed by atoms with Gasteiger partial charge in [-0.3, -0.25) is 4.79 Å². The van der Waals surface area contributed by atoms with Gasteiger partial charge in [-0.25, -0.2) is 4.79 Å². The number of ketones is 1. The molecule has 0 saturated heterocycles. The van der Waals surface area contributed by atoms with Crippen LogP contribution in [0.15, 0.2) is 36.5 Å². The van der Waals surface area contributed by atoms with Gasteiger partial charge in [-0.1, -0.05) is 29.8 Å². The summed E-state index contributed by atoms with van der Waals surface area (Å²) in [5, 5.41) is 8.89. The third-order valence-corrected chi connectivity index (χ3v) is 2.80. The van der Waals surface area contributed by atoms with Crippen LogP contribution in [-0.2, 0) is 7.05 Å². The average Bonchev–Trinajstić information content (AvgIpc) is 2.71. The summed E-state index contributed by atoms with van der Waals surface area (Å²) in [6, 6.07) is 8.59. The standard InChI is InChI=1S/C14H13NO3/c1-9-3-5-10(6-4-9)13(16)12-7-11(14(17)18)8-15(12)2/h3-8H,1-2H3,(H,17,18). The predicted molar refractivity (Wildman–Crippen MR) is 67.0 cm³/mol. The highest BCUT2D eigenvalue weighted by Gasteiger charge is 2.16. The number of aryl methyl sites for hydroxylation is 2. The van der Waals surface area contributed by atoms with E-state index in [-0.39, 0.29) is 11.3 Å². The van der Waals surface area contributed by atoms with Crippen molar-refractivity contribution in [3.05, 3.63) is 58.9 Å². The van der Waals surface area contributed by atoms with E-state index < -0.39 is 5.97 Å². The number of nitrogens with zero attached hydrogens (tertiary/aromatic N) is 1. The first-order chi connectivity index (χ1) is 8.49. The second-order valence-corrected chi connectivity index (χ2v) is 4.23. The summed E-state index contributed by atoms with van der Waals surface area (Å²) in [4.78, 5) is 23.0. The van der Waals surface area contributed by atoms with Crippen molar-refractivity contribution in [2.45, 2.75) is 6.92 Å². The summed E-state index contributed by atoms with van der Waals surface area (Å²) in [5.74, 6) is -1.21. The normalized spacial score (nSPS) is 10.3. The molecule has 4 nitrogen and oxygen atoms in total. The number of carbonyl (C=O) groups is 2. The van der Waals surface area contributed by atoms with Crippen LogP contribution in [0, 0.1) is 6.92 Å². The van der Waals surface area contributed by atoms with Crippen LogP contribution in [0.1, 0.15) is 32.0 Å². The Hall–Kier alpha value is -2.36. The molecule has 1 N–H and O–H groups in total. The minimum absolute atomic E-state index is 0.118. The van der Waals surface area contributed by atoms with Gasteiger partial charge in [0.15, 0.2) is 0 Å². The number of aromatic nitrogens is 1. The third-order valence-electron chi connectivity index (χ3n) is 2.80. The number of carbonyl (C=O) groups excluding carboxylic acids is 1. The highest BCUT2D eigenvalue weighted by molar-refractivity contribution is 6.09. The van der Waals surface area contributed by atoms with Crippen molar-refractivity contribution in [3.63, 3.8) is 0 Å². The third kappa shape index (κ3) is 2.18. The van der Waals surface area contributed by atoms with Crippen LogP contribution in [0.25, 0.3) is 0 Å². The van der Waals surface area contributed by atoms with Gasteiger partial charge in [0.2, 0.25) is 5.78 Å². The Morgan fingerprint density at radius 1 is 1.11 bits per heavy atom. The van der Waals surface area contributed by atoms with E-state index in [2.05, 4.69) is 0 Å². The van der Waals surface area contributed by atoms with Crippen molar-refractivity contribution in [2.75, 3.05) is 0 Å². The Balaban J connectivity index is 2.39. The smallest absolute Gasteiger partial charge is 0.337 e. The van der Waals surface area contributed by atoms with Gasteiger partial charge in [-0.15, -0.1) is 0 Å². The number of hydrogen-bond acceptors (Lipinski definition) is 2. The predicted octanol–water partition coefficient (Wildman–Crippen LogP) is 2.26. The van der Waals surface area contributed by atoms with Gasteiger partial charge >= 0.3 is 5.97 Å². The molecule has 0 unspecified atom stereocenters. The van der Waals surface area contributed by atoms with Gasteiger partial charge in [-0.05, 0) is 13.0 Å². The molecule has 0 radical (unpaired) electrons. The van der Waals surface area contributed by atoms with Crippen molar-refractivity contribution in [3.8, 4) is 0 Å². The summed E-state index contributed by atoms with van der Waals surface area (Å²) in [6.45, 7) is 1.94. The number of benzene rings is 1. The van der Waals surface area contributed by atoms with Crippen LogP contribution in [0.5, 0.6) is 0 Å². The zero-order valence-corrected chi connectivity index (χ0v) is 10.2. The molecule has 0 bridgehead atoms. The van der Waals surface area contributed by atoms with Gasteiger partial charge in [0.1, 0.15) is 0 Å². The first kappa shape index (κ1) is 12.1. The molecule has 0 aliphatic heterocycles. The molecule has 1 aromatic carbocycles. The lowest BCUT2D eigenvalue weighted by Crippen LogP contribution is -2.06. The molecule has 1 aromatic heterocycles. The molecule has 1 heterocycles. The SMILES string of the molecule is Cc1ccc(C(=O)c2cc(C(=O)O)cn2C)cc1. The van der Waals surface area contributed by atoms with E-state index in [1.807, 2.05) is 19.1 Å². The summed E-state index contributed by atoms with van der Waals surface area (Å²) in [6.07, 6.45) is 1.43. The second kappa shape index (κ2) is 4.49. The van der Waals surface area contributed by atoms with E-state index in [1.165, 1.54) is 16.8 Å². The van der Waals surface area contributed by atoms with E-state index >= 15 is 0 Å². The van der Waals surface area contributed by atoms with Crippen LogP contribution in [0.4, 0.5) is 0 Å². The lowest BCUT2D eigenvalue weighted by Gasteiger charge is -2.02. The first-order valence-corrected chi connectivity index (χ1v) is 5.50. The Morgan fingerprint density at radius 3 is 2.22 bits per heavy atom. The number of rotatable bonds is 3. The number of carboxylic acids is 1.